The van der Waals surface area contributed by atoms with Crippen molar-refractivity contribution in [2.24, 2.45) is 0 Å². The Balaban J connectivity index is 1.55. The molecular weight excluding hydrogens is 411 g/mol. The van der Waals surface area contributed by atoms with E-state index in [0.717, 1.165) is 12.5 Å². The lowest BCUT2D eigenvalue weighted by atomic mass is 10.0. The smallest absolute Gasteiger partial charge is 0.338 e. The van der Waals surface area contributed by atoms with Gasteiger partial charge in [-0.25, -0.2) is 9.97 Å². The maximum atomic E-state index is 13.4. The van der Waals surface area contributed by atoms with Crippen LogP contribution in [0.4, 0.5) is 19.1 Å². The lowest BCUT2D eigenvalue weighted by Gasteiger charge is -2.39. The molecule has 0 aromatic carbocycles. The molecule has 0 bridgehead atoms. The van der Waals surface area contributed by atoms with Gasteiger partial charge < -0.3 is 15.1 Å². The predicted molar refractivity (Wildman–Crippen MR) is 108 cm³/mol. The van der Waals surface area contributed by atoms with Gasteiger partial charge in [0.15, 0.2) is 5.69 Å². The van der Waals surface area contributed by atoms with Gasteiger partial charge >= 0.3 is 6.18 Å². The second-order valence-electron chi connectivity index (χ2n) is 8.82. The number of hydrogen-bond donors (Lipinski definition) is 1. The van der Waals surface area contributed by atoms with Gasteiger partial charge in [-0.3, -0.25) is 9.48 Å². The molecule has 11 heteroatoms. The van der Waals surface area contributed by atoms with Crippen LogP contribution in [0.15, 0.2) is 18.5 Å². The number of aromatic nitrogens is 4. The van der Waals surface area contributed by atoms with E-state index < -0.39 is 11.9 Å². The van der Waals surface area contributed by atoms with Crippen LogP contribution in [0.5, 0.6) is 0 Å². The molecule has 0 aliphatic carbocycles. The normalized spacial score (nSPS) is 21.2. The van der Waals surface area contributed by atoms with Crippen LogP contribution in [0.2, 0.25) is 0 Å². The Bertz CT molecular complexity index is 972. The number of nitrogens with zero attached hydrogens (tertiary/aromatic N) is 6. The van der Waals surface area contributed by atoms with Crippen molar-refractivity contribution in [2.45, 2.75) is 51.5 Å². The van der Waals surface area contributed by atoms with E-state index in [1.54, 1.807) is 16.0 Å². The Labute approximate surface area is 178 Å². The fraction of sp³-hybridized carbons (Fsp3) is 0.600. The van der Waals surface area contributed by atoms with Gasteiger partial charge in [-0.2, -0.15) is 18.3 Å². The SMILES string of the molecule is C[C@H]1CCN1c1nc(-c2cnn(CC(=O)N3CCNC(C)(C)C3)c2)cc(C(F)(F)F)n1. The molecule has 4 rings (SSSR count). The highest BCUT2D eigenvalue weighted by Crippen LogP contribution is 2.33. The zero-order valence-electron chi connectivity index (χ0n) is 17.8. The first-order chi connectivity index (χ1) is 14.5. The van der Waals surface area contributed by atoms with Crippen molar-refractivity contribution in [2.75, 3.05) is 31.1 Å². The van der Waals surface area contributed by atoms with Crippen LogP contribution >= 0.6 is 0 Å². The molecule has 2 aromatic rings. The van der Waals surface area contributed by atoms with Gasteiger partial charge in [0, 0.05) is 49.5 Å². The second kappa shape index (κ2) is 7.77. The summed E-state index contributed by atoms with van der Waals surface area (Å²) in [4.78, 5) is 24.3. The molecule has 8 nitrogen and oxygen atoms in total. The average molecular weight is 437 g/mol. The number of nitrogens with one attached hydrogen (secondary N) is 1. The molecule has 1 N–H and O–H groups in total. The molecule has 0 saturated carbocycles. The van der Waals surface area contributed by atoms with Crippen molar-refractivity contribution in [3.63, 3.8) is 0 Å². The van der Waals surface area contributed by atoms with Gasteiger partial charge in [0.25, 0.3) is 0 Å². The van der Waals surface area contributed by atoms with Gasteiger partial charge in [-0.05, 0) is 33.3 Å². The van der Waals surface area contributed by atoms with E-state index in [0.29, 0.717) is 31.7 Å². The number of hydrogen-bond acceptors (Lipinski definition) is 6. The van der Waals surface area contributed by atoms with E-state index in [-0.39, 0.29) is 35.7 Å². The number of rotatable bonds is 4. The van der Waals surface area contributed by atoms with Crippen molar-refractivity contribution < 1.29 is 18.0 Å². The Morgan fingerprint density at radius 3 is 2.68 bits per heavy atom. The van der Waals surface area contributed by atoms with E-state index in [9.17, 15) is 18.0 Å². The van der Waals surface area contributed by atoms with E-state index in [4.69, 9.17) is 0 Å². The Hall–Kier alpha value is -2.69. The van der Waals surface area contributed by atoms with E-state index in [1.807, 2.05) is 20.8 Å². The fourth-order valence-corrected chi connectivity index (χ4v) is 3.84. The number of anilines is 1. The Morgan fingerprint density at radius 2 is 2.06 bits per heavy atom. The first kappa shape index (κ1) is 21.5. The van der Waals surface area contributed by atoms with Crippen LogP contribution in [-0.4, -0.2) is 68.3 Å². The summed E-state index contributed by atoms with van der Waals surface area (Å²) < 4.78 is 41.7. The van der Waals surface area contributed by atoms with Crippen molar-refractivity contribution >= 4 is 11.9 Å². The molecule has 4 heterocycles. The molecular formula is C20H26F3N7O. The standard InChI is InChI=1S/C20H26F3N7O/c1-13-4-6-30(13)18-26-15(8-16(27-18)20(21,22)23)14-9-25-29(10-14)11-17(31)28-7-5-24-19(2,3)12-28/h8-10,13,24H,4-7,11-12H2,1-3H3/t13-/m0/s1. The molecule has 1 atom stereocenters. The maximum absolute atomic E-state index is 13.4. The van der Waals surface area contributed by atoms with Gasteiger partial charge in [-0.1, -0.05) is 0 Å². The summed E-state index contributed by atoms with van der Waals surface area (Å²) in [5.74, 6) is -0.0200. The van der Waals surface area contributed by atoms with Crippen molar-refractivity contribution in [1.29, 1.82) is 0 Å². The van der Waals surface area contributed by atoms with Crippen molar-refractivity contribution in [3.05, 3.63) is 24.2 Å². The minimum Gasteiger partial charge on any atom is -0.338 e. The molecule has 0 unspecified atom stereocenters. The molecule has 0 spiro atoms. The minimum absolute atomic E-state index is 0.0172. The molecule has 1 amide bonds. The largest absolute Gasteiger partial charge is 0.433 e. The fourth-order valence-electron chi connectivity index (χ4n) is 3.84. The third-order valence-electron chi connectivity index (χ3n) is 5.73. The predicted octanol–water partition coefficient (Wildman–Crippen LogP) is 2.17. The Morgan fingerprint density at radius 1 is 1.29 bits per heavy atom. The van der Waals surface area contributed by atoms with Crippen molar-refractivity contribution in [3.8, 4) is 11.3 Å². The average Bonchev–Trinajstić information content (AvgIpc) is 3.13. The summed E-state index contributed by atoms with van der Waals surface area (Å²) in [6, 6.07) is 1.02. The highest BCUT2D eigenvalue weighted by atomic mass is 19.4. The summed E-state index contributed by atoms with van der Waals surface area (Å²) in [6.07, 6.45) is -0.711. The lowest BCUT2D eigenvalue weighted by molar-refractivity contribution is -0.141. The van der Waals surface area contributed by atoms with Crippen LogP contribution in [0.1, 0.15) is 32.9 Å². The number of alkyl halides is 3. The number of piperazine rings is 1. The third-order valence-corrected chi connectivity index (χ3v) is 5.73. The molecule has 2 saturated heterocycles. The first-order valence-electron chi connectivity index (χ1n) is 10.3. The van der Waals surface area contributed by atoms with Gasteiger partial charge in [-0.15, -0.1) is 0 Å². The number of carbonyl (C=O) groups is 1. The van der Waals surface area contributed by atoms with E-state index >= 15 is 0 Å². The number of halogens is 3. The van der Waals surface area contributed by atoms with Crippen LogP contribution < -0.4 is 10.2 Å². The van der Waals surface area contributed by atoms with Gasteiger partial charge in [0.05, 0.1) is 11.9 Å². The van der Waals surface area contributed by atoms with Crippen LogP contribution in [0.3, 0.4) is 0 Å². The first-order valence-corrected chi connectivity index (χ1v) is 10.3. The van der Waals surface area contributed by atoms with Crippen LogP contribution in [-0.2, 0) is 17.5 Å². The van der Waals surface area contributed by atoms with Crippen molar-refractivity contribution in [1.82, 2.24) is 30.0 Å². The van der Waals surface area contributed by atoms with E-state index in [1.165, 1.54) is 10.9 Å². The van der Waals surface area contributed by atoms with Crippen LogP contribution in [0, 0.1) is 0 Å². The molecule has 2 aliphatic rings. The molecule has 2 aliphatic heterocycles. The zero-order valence-corrected chi connectivity index (χ0v) is 17.8. The summed E-state index contributed by atoms with van der Waals surface area (Å²) in [5.41, 5.74) is -0.601. The zero-order chi connectivity index (χ0) is 22.4. The highest BCUT2D eigenvalue weighted by molar-refractivity contribution is 5.76. The summed E-state index contributed by atoms with van der Waals surface area (Å²) >= 11 is 0. The molecule has 168 valence electrons. The van der Waals surface area contributed by atoms with Gasteiger partial charge in [0.1, 0.15) is 6.54 Å². The summed E-state index contributed by atoms with van der Waals surface area (Å²) in [7, 11) is 0. The summed E-state index contributed by atoms with van der Waals surface area (Å²) in [6.45, 7) is 8.52. The number of carbonyl (C=O) groups excluding carboxylic acids is 1. The summed E-state index contributed by atoms with van der Waals surface area (Å²) in [5, 5.41) is 7.53. The highest BCUT2D eigenvalue weighted by Gasteiger charge is 2.36. The Kier molecular flexibility index (Phi) is 5.40. The van der Waals surface area contributed by atoms with Gasteiger partial charge in [0.2, 0.25) is 11.9 Å². The quantitative estimate of drug-likeness (QED) is 0.790. The maximum Gasteiger partial charge on any atom is 0.433 e. The molecule has 2 aromatic heterocycles. The molecule has 0 radical (unpaired) electrons. The third kappa shape index (κ3) is 4.65. The second-order valence-corrected chi connectivity index (χ2v) is 8.82. The minimum atomic E-state index is -4.58. The monoisotopic (exact) mass is 437 g/mol. The number of amides is 1. The molecule has 31 heavy (non-hydrogen) atoms. The lowest BCUT2D eigenvalue weighted by Crippen LogP contribution is -2.58. The molecule has 2 fully saturated rings. The topological polar surface area (TPSA) is 79.2 Å². The van der Waals surface area contributed by atoms with Crippen LogP contribution in [0.25, 0.3) is 11.3 Å². The van der Waals surface area contributed by atoms with E-state index in [2.05, 4.69) is 20.4 Å².